The minimum Gasteiger partial charge on any atom is -0.386 e. The molecule has 2 amide bonds. The number of aliphatic hydroxyl groups is 1. The van der Waals surface area contributed by atoms with E-state index in [1.54, 1.807) is 4.90 Å². The van der Waals surface area contributed by atoms with Gasteiger partial charge in [0.1, 0.15) is 5.60 Å². The topological polar surface area (TPSA) is 55.8 Å². The van der Waals surface area contributed by atoms with Gasteiger partial charge in [0.2, 0.25) is 0 Å². The van der Waals surface area contributed by atoms with Crippen molar-refractivity contribution < 1.29 is 9.90 Å². The number of likely N-dealkylation sites (tertiary alicyclic amines) is 1. The molecule has 2 aliphatic heterocycles. The summed E-state index contributed by atoms with van der Waals surface area (Å²) in [5, 5.41) is 13.3. The maximum absolute atomic E-state index is 12.3. The molecule has 2 heterocycles. The van der Waals surface area contributed by atoms with Gasteiger partial charge < -0.3 is 20.2 Å². The summed E-state index contributed by atoms with van der Waals surface area (Å²) in [5.74, 6) is 1.21. The van der Waals surface area contributed by atoms with Gasteiger partial charge in [-0.1, -0.05) is 13.0 Å². The second kappa shape index (κ2) is 5.96. The highest BCUT2D eigenvalue weighted by Gasteiger charge is 2.53. The third kappa shape index (κ3) is 3.09. The number of hydrogen-bond donors (Lipinski definition) is 2. The number of piperidine rings is 1. The van der Waals surface area contributed by atoms with E-state index in [0.717, 1.165) is 37.5 Å². The van der Waals surface area contributed by atoms with E-state index < -0.39 is 5.60 Å². The van der Waals surface area contributed by atoms with Crippen LogP contribution in [0.1, 0.15) is 32.6 Å². The molecule has 130 valence electrons. The summed E-state index contributed by atoms with van der Waals surface area (Å²) in [7, 11) is 0. The molecule has 0 bridgehead atoms. The molecule has 0 atom stereocenters. The number of benzene rings is 1. The van der Waals surface area contributed by atoms with Crippen LogP contribution < -0.4 is 10.2 Å². The van der Waals surface area contributed by atoms with Crippen molar-refractivity contribution in [3.05, 3.63) is 24.3 Å². The Hall–Kier alpha value is -1.75. The van der Waals surface area contributed by atoms with Crippen LogP contribution in [-0.2, 0) is 0 Å². The molecular weight excluding hydrogens is 302 g/mol. The van der Waals surface area contributed by atoms with Crippen molar-refractivity contribution in [1.29, 1.82) is 0 Å². The van der Waals surface area contributed by atoms with Crippen molar-refractivity contribution in [2.45, 2.75) is 38.2 Å². The van der Waals surface area contributed by atoms with Crippen LogP contribution in [0.2, 0.25) is 0 Å². The molecular formula is C19H27N3O2. The van der Waals surface area contributed by atoms with Gasteiger partial charge in [0, 0.05) is 24.5 Å². The lowest BCUT2D eigenvalue weighted by Crippen LogP contribution is -2.65. The van der Waals surface area contributed by atoms with Gasteiger partial charge in [-0.25, -0.2) is 4.79 Å². The fraction of sp³-hybridized carbons (Fsp3) is 0.632. The maximum Gasteiger partial charge on any atom is 0.322 e. The molecule has 0 unspecified atom stereocenters. The molecule has 1 aromatic carbocycles. The first-order valence-corrected chi connectivity index (χ1v) is 9.17. The number of urea groups is 1. The Morgan fingerprint density at radius 3 is 2.58 bits per heavy atom. The third-order valence-electron chi connectivity index (χ3n) is 5.80. The van der Waals surface area contributed by atoms with E-state index in [9.17, 15) is 9.90 Å². The lowest BCUT2D eigenvalue weighted by atomic mass is 9.89. The van der Waals surface area contributed by atoms with Gasteiger partial charge in [0.05, 0.1) is 13.1 Å². The molecule has 2 N–H and O–H groups in total. The van der Waals surface area contributed by atoms with Crippen molar-refractivity contribution in [3.8, 4) is 0 Å². The van der Waals surface area contributed by atoms with Crippen LogP contribution in [0.4, 0.5) is 16.2 Å². The van der Waals surface area contributed by atoms with E-state index in [1.807, 2.05) is 12.1 Å². The van der Waals surface area contributed by atoms with Crippen LogP contribution in [0.25, 0.3) is 0 Å². The largest absolute Gasteiger partial charge is 0.386 e. The van der Waals surface area contributed by atoms with Crippen LogP contribution in [-0.4, -0.2) is 47.8 Å². The molecule has 24 heavy (non-hydrogen) atoms. The van der Waals surface area contributed by atoms with E-state index in [1.165, 1.54) is 18.5 Å². The van der Waals surface area contributed by atoms with E-state index in [2.05, 4.69) is 29.3 Å². The number of hydrogen-bond acceptors (Lipinski definition) is 3. The highest BCUT2D eigenvalue weighted by Crippen LogP contribution is 2.44. The summed E-state index contributed by atoms with van der Waals surface area (Å²) in [4.78, 5) is 16.4. The Labute approximate surface area is 143 Å². The molecule has 1 aromatic rings. The van der Waals surface area contributed by atoms with Gasteiger partial charge in [-0.05, 0) is 55.7 Å². The van der Waals surface area contributed by atoms with Gasteiger partial charge in [0.25, 0.3) is 0 Å². The number of nitrogens with one attached hydrogen (secondary N) is 1. The monoisotopic (exact) mass is 329 g/mol. The first kappa shape index (κ1) is 15.8. The molecule has 4 rings (SSSR count). The van der Waals surface area contributed by atoms with Gasteiger partial charge in [0.15, 0.2) is 0 Å². The van der Waals surface area contributed by atoms with Gasteiger partial charge in [-0.3, -0.25) is 0 Å². The van der Waals surface area contributed by atoms with E-state index in [-0.39, 0.29) is 6.03 Å². The third-order valence-corrected chi connectivity index (χ3v) is 5.80. The second-order valence-electron chi connectivity index (χ2n) is 7.88. The molecule has 2 saturated heterocycles. The van der Waals surface area contributed by atoms with Crippen LogP contribution >= 0.6 is 0 Å². The predicted octanol–water partition coefficient (Wildman–Crippen LogP) is 2.91. The number of β-amino-alcohol motifs (C(OH)–C–C–N with tert-alkyl or cyclic N) is 1. The van der Waals surface area contributed by atoms with E-state index in [4.69, 9.17) is 0 Å². The van der Waals surface area contributed by atoms with Crippen LogP contribution in [0.5, 0.6) is 0 Å². The summed E-state index contributed by atoms with van der Waals surface area (Å²) in [5.41, 5.74) is 1.39. The molecule has 0 spiro atoms. The molecule has 3 aliphatic rings. The van der Waals surface area contributed by atoms with Crippen LogP contribution in [0.15, 0.2) is 24.3 Å². The van der Waals surface area contributed by atoms with Crippen molar-refractivity contribution in [2.75, 3.05) is 36.4 Å². The molecule has 1 aliphatic carbocycles. The Morgan fingerprint density at radius 1 is 1.21 bits per heavy atom. The Kier molecular flexibility index (Phi) is 3.91. The zero-order valence-electron chi connectivity index (χ0n) is 14.4. The number of carbonyl (C=O) groups is 1. The zero-order chi connectivity index (χ0) is 16.7. The van der Waals surface area contributed by atoms with Crippen LogP contribution in [0, 0.1) is 11.8 Å². The van der Waals surface area contributed by atoms with Crippen molar-refractivity contribution in [2.24, 2.45) is 11.8 Å². The zero-order valence-corrected chi connectivity index (χ0v) is 14.4. The fourth-order valence-electron chi connectivity index (χ4n) is 3.89. The molecule has 0 radical (unpaired) electrons. The molecule has 1 saturated carbocycles. The highest BCUT2D eigenvalue weighted by molar-refractivity contribution is 5.90. The average Bonchev–Trinajstić information content (AvgIpc) is 3.38. The van der Waals surface area contributed by atoms with Gasteiger partial charge >= 0.3 is 6.03 Å². The second-order valence-corrected chi connectivity index (χ2v) is 7.88. The smallest absolute Gasteiger partial charge is 0.322 e. The summed E-state index contributed by atoms with van der Waals surface area (Å²) < 4.78 is 0. The molecule has 0 aromatic heterocycles. The summed E-state index contributed by atoms with van der Waals surface area (Å²) in [6, 6.07) is 7.99. The molecule has 3 fully saturated rings. The molecule has 5 nitrogen and oxygen atoms in total. The van der Waals surface area contributed by atoms with Crippen molar-refractivity contribution in [3.63, 3.8) is 0 Å². The Bertz CT molecular complexity index is 615. The lowest BCUT2D eigenvalue weighted by Gasteiger charge is -2.46. The Morgan fingerprint density at radius 2 is 1.92 bits per heavy atom. The lowest BCUT2D eigenvalue weighted by molar-refractivity contribution is -0.0897. The standard InChI is InChI=1S/C19H27N3O2/c1-14-7-9-21(10-8-14)17-4-2-3-16(11-17)20-18(23)22-12-19(24,13-22)15-5-6-15/h2-4,11,14-15,24H,5-10,12-13H2,1H3,(H,20,23). The van der Waals surface area contributed by atoms with Gasteiger partial charge in [-0.15, -0.1) is 0 Å². The quantitative estimate of drug-likeness (QED) is 0.896. The number of anilines is 2. The normalized spacial score (nSPS) is 23.8. The number of rotatable bonds is 3. The van der Waals surface area contributed by atoms with Crippen molar-refractivity contribution >= 4 is 17.4 Å². The first-order chi connectivity index (χ1) is 11.5. The summed E-state index contributed by atoms with van der Waals surface area (Å²) in [6.45, 7) is 5.41. The maximum atomic E-state index is 12.3. The average molecular weight is 329 g/mol. The molecule has 5 heteroatoms. The van der Waals surface area contributed by atoms with Gasteiger partial charge in [-0.2, -0.15) is 0 Å². The number of amides is 2. The van der Waals surface area contributed by atoms with E-state index in [0.29, 0.717) is 19.0 Å². The minimum absolute atomic E-state index is 0.107. The summed E-state index contributed by atoms with van der Waals surface area (Å²) >= 11 is 0. The Balaban J connectivity index is 1.35. The highest BCUT2D eigenvalue weighted by atomic mass is 16.3. The summed E-state index contributed by atoms with van der Waals surface area (Å²) in [6.07, 6.45) is 4.65. The van der Waals surface area contributed by atoms with Crippen molar-refractivity contribution in [1.82, 2.24) is 4.90 Å². The minimum atomic E-state index is -0.621. The predicted molar refractivity (Wildman–Crippen MR) is 95.3 cm³/mol. The number of nitrogens with zero attached hydrogens (tertiary/aromatic N) is 2. The first-order valence-electron chi connectivity index (χ1n) is 9.17. The van der Waals surface area contributed by atoms with Crippen LogP contribution in [0.3, 0.4) is 0 Å². The SMILES string of the molecule is CC1CCN(c2cccc(NC(=O)N3CC(O)(C4CC4)C3)c2)CC1. The van der Waals surface area contributed by atoms with E-state index >= 15 is 0 Å². The fourth-order valence-corrected chi connectivity index (χ4v) is 3.89. The number of carbonyl (C=O) groups excluding carboxylic acids is 1.